The summed E-state index contributed by atoms with van der Waals surface area (Å²) in [5.74, 6) is 1.05. The van der Waals surface area contributed by atoms with Crippen molar-refractivity contribution in [2.45, 2.75) is 32.1 Å². The largest absolute Gasteiger partial charge is 0.395 e. The molecule has 2 aliphatic carbocycles. The molecule has 2 fully saturated rings. The molecule has 2 heteroatoms. The lowest BCUT2D eigenvalue weighted by Crippen LogP contribution is -2.34. The molecule has 0 aromatic heterocycles. The summed E-state index contributed by atoms with van der Waals surface area (Å²) < 4.78 is 0. The summed E-state index contributed by atoms with van der Waals surface area (Å²) in [4.78, 5) is 11.4. The molecule has 2 unspecified atom stereocenters. The van der Waals surface area contributed by atoms with Crippen molar-refractivity contribution in [1.29, 1.82) is 0 Å². The van der Waals surface area contributed by atoms with Gasteiger partial charge in [0.1, 0.15) is 5.78 Å². The summed E-state index contributed by atoms with van der Waals surface area (Å²) in [5.41, 5.74) is -0.289. The lowest BCUT2D eigenvalue weighted by atomic mass is 9.75. The monoisotopic (exact) mass is 154 g/mol. The lowest BCUT2D eigenvalue weighted by Gasteiger charge is -2.29. The summed E-state index contributed by atoms with van der Waals surface area (Å²) >= 11 is 0. The number of aliphatic hydroxyl groups is 1. The zero-order chi connectivity index (χ0) is 7.90. The van der Waals surface area contributed by atoms with Crippen molar-refractivity contribution in [2.75, 3.05) is 6.61 Å². The van der Waals surface area contributed by atoms with Crippen LogP contribution in [0.5, 0.6) is 0 Å². The van der Waals surface area contributed by atoms with Crippen molar-refractivity contribution in [2.24, 2.45) is 11.3 Å². The summed E-state index contributed by atoms with van der Waals surface area (Å²) in [6, 6.07) is 0. The minimum absolute atomic E-state index is 0.0856. The van der Waals surface area contributed by atoms with Crippen LogP contribution in [0.4, 0.5) is 0 Å². The lowest BCUT2D eigenvalue weighted by molar-refractivity contribution is -0.132. The van der Waals surface area contributed by atoms with Gasteiger partial charge in [0, 0.05) is 6.42 Å². The Balaban J connectivity index is 2.23. The number of rotatable bonds is 1. The molecule has 2 saturated carbocycles. The topological polar surface area (TPSA) is 37.3 Å². The number of hydrogen-bond acceptors (Lipinski definition) is 2. The fourth-order valence-electron chi connectivity index (χ4n) is 2.57. The molecule has 2 atom stereocenters. The van der Waals surface area contributed by atoms with Crippen molar-refractivity contribution >= 4 is 5.78 Å². The highest BCUT2D eigenvalue weighted by Gasteiger charge is 2.47. The number of carbonyl (C=O) groups excluding carboxylic acids is 1. The highest BCUT2D eigenvalue weighted by molar-refractivity contribution is 5.86. The van der Waals surface area contributed by atoms with E-state index in [0.29, 0.717) is 12.2 Å². The van der Waals surface area contributed by atoms with Gasteiger partial charge in [-0.3, -0.25) is 4.79 Å². The third-order valence-corrected chi connectivity index (χ3v) is 3.38. The molecule has 0 radical (unpaired) electrons. The fourth-order valence-corrected chi connectivity index (χ4v) is 2.57. The van der Waals surface area contributed by atoms with Gasteiger partial charge in [0.2, 0.25) is 0 Å². The van der Waals surface area contributed by atoms with Crippen LogP contribution < -0.4 is 0 Å². The van der Waals surface area contributed by atoms with Crippen LogP contribution in [0, 0.1) is 11.3 Å². The maximum Gasteiger partial charge on any atom is 0.141 e. The summed E-state index contributed by atoms with van der Waals surface area (Å²) in [5, 5.41) is 9.12. The van der Waals surface area contributed by atoms with Crippen molar-refractivity contribution in [3.8, 4) is 0 Å². The van der Waals surface area contributed by atoms with E-state index in [4.69, 9.17) is 5.11 Å². The molecule has 62 valence electrons. The number of aliphatic hydroxyl groups excluding tert-OH is 1. The zero-order valence-corrected chi connectivity index (χ0v) is 6.68. The Kier molecular flexibility index (Phi) is 1.53. The average molecular weight is 154 g/mol. The van der Waals surface area contributed by atoms with E-state index in [-0.39, 0.29) is 12.0 Å². The van der Waals surface area contributed by atoms with E-state index < -0.39 is 0 Å². The molecule has 0 saturated heterocycles. The molecule has 2 aliphatic rings. The van der Waals surface area contributed by atoms with Gasteiger partial charge >= 0.3 is 0 Å². The molecule has 0 aliphatic heterocycles. The quantitative estimate of drug-likeness (QED) is 0.614. The molecule has 0 aromatic carbocycles. The fraction of sp³-hybridized carbons (Fsp3) is 0.889. The molecule has 2 nitrogen and oxygen atoms in total. The first-order valence-electron chi connectivity index (χ1n) is 4.41. The first-order chi connectivity index (χ1) is 5.27. The van der Waals surface area contributed by atoms with Gasteiger partial charge in [0.15, 0.2) is 0 Å². The van der Waals surface area contributed by atoms with Gasteiger partial charge in [-0.15, -0.1) is 0 Å². The second-order valence-corrected chi connectivity index (χ2v) is 4.01. The van der Waals surface area contributed by atoms with E-state index in [1.165, 1.54) is 0 Å². The van der Waals surface area contributed by atoms with Gasteiger partial charge in [-0.1, -0.05) is 0 Å². The van der Waals surface area contributed by atoms with E-state index >= 15 is 0 Å². The van der Waals surface area contributed by atoms with Crippen LogP contribution >= 0.6 is 0 Å². The highest BCUT2D eigenvalue weighted by atomic mass is 16.3. The molecule has 2 bridgehead atoms. The standard InChI is InChI=1S/C9H14O2/c10-6-9-4-3-7(5-9)1-2-8(9)11/h7,10H,1-6H2. The minimum atomic E-state index is -0.289. The third kappa shape index (κ3) is 0.924. The molecular formula is C9H14O2. The molecule has 2 rings (SSSR count). The third-order valence-electron chi connectivity index (χ3n) is 3.38. The maximum absolute atomic E-state index is 11.4. The van der Waals surface area contributed by atoms with Crippen molar-refractivity contribution in [3.05, 3.63) is 0 Å². The number of fused-ring (bicyclic) bond motifs is 2. The Morgan fingerprint density at radius 3 is 3.00 bits per heavy atom. The second-order valence-electron chi connectivity index (χ2n) is 4.01. The van der Waals surface area contributed by atoms with Gasteiger partial charge in [-0.25, -0.2) is 0 Å². The van der Waals surface area contributed by atoms with E-state index in [1.807, 2.05) is 0 Å². The Morgan fingerprint density at radius 1 is 1.55 bits per heavy atom. The zero-order valence-electron chi connectivity index (χ0n) is 6.68. The first-order valence-corrected chi connectivity index (χ1v) is 4.41. The highest BCUT2D eigenvalue weighted by Crippen LogP contribution is 2.48. The van der Waals surface area contributed by atoms with Gasteiger partial charge in [0.25, 0.3) is 0 Å². The minimum Gasteiger partial charge on any atom is -0.395 e. The van der Waals surface area contributed by atoms with Crippen LogP contribution in [0.25, 0.3) is 0 Å². The molecule has 0 aromatic rings. The Hall–Kier alpha value is -0.370. The summed E-state index contributed by atoms with van der Waals surface area (Å²) in [7, 11) is 0. The smallest absolute Gasteiger partial charge is 0.141 e. The van der Waals surface area contributed by atoms with Crippen molar-refractivity contribution < 1.29 is 9.90 Å². The van der Waals surface area contributed by atoms with Crippen molar-refractivity contribution in [1.82, 2.24) is 0 Å². The molecule has 0 amide bonds. The van der Waals surface area contributed by atoms with Crippen LogP contribution in [-0.4, -0.2) is 17.5 Å². The Labute approximate surface area is 66.6 Å². The number of hydrogen-bond donors (Lipinski definition) is 1. The van der Waals surface area contributed by atoms with Crippen LogP contribution in [-0.2, 0) is 4.79 Å². The van der Waals surface area contributed by atoms with E-state index in [1.54, 1.807) is 0 Å². The SMILES string of the molecule is O=C1CCC2CCC1(CO)C2. The predicted molar refractivity (Wildman–Crippen MR) is 41.1 cm³/mol. The van der Waals surface area contributed by atoms with E-state index in [0.717, 1.165) is 31.6 Å². The maximum atomic E-state index is 11.4. The van der Waals surface area contributed by atoms with Gasteiger partial charge in [-0.05, 0) is 31.6 Å². The Morgan fingerprint density at radius 2 is 2.36 bits per heavy atom. The van der Waals surface area contributed by atoms with E-state index in [9.17, 15) is 4.79 Å². The van der Waals surface area contributed by atoms with Gasteiger partial charge < -0.3 is 5.11 Å². The van der Waals surface area contributed by atoms with Crippen LogP contribution in [0.15, 0.2) is 0 Å². The molecule has 0 spiro atoms. The van der Waals surface area contributed by atoms with Gasteiger partial charge in [0.05, 0.1) is 12.0 Å². The normalized spacial score (nSPS) is 43.0. The van der Waals surface area contributed by atoms with Gasteiger partial charge in [-0.2, -0.15) is 0 Å². The summed E-state index contributed by atoms with van der Waals surface area (Å²) in [6.07, 6.45) is 4.84. The predicted octanol–water partition coefficient (Wildman–Crippen LogP) is 1.13. The number of Topliss-reactive ketones (excluding diaryl/α,β-unsaturated/α-hetero) is 1. The second kappa shape index (κ2) is 2.31. The Bertz CT molecular complexity index is 188. The molecular weight excluding hydrogens is 140 g/mol. The van der Waals surface area contributed by atoms with Crippen LogP contribution in [0.3, 0.4) is 0 Å². The van der Waals surface area contributed by atoms with Crippen molar-refractivity contribution in [3.63, 3.8) is 0 Å². The number of carbonyl (C=O) groups is 1. The average Bonchev–Trinajstić information content (AvgIpc) is 2.39. The van der Waals surface area contributed by atoms with E-state index in [2.05, 4.69) is 0 Å². The van der Waals surface area contributed by atoms with Crippen LogP contribution in [0.1, 0.15) is 32.1 Å². The van der Waals surface area contributed by atoms with Crippen LogP contribution in [0.2, 0.25) is 0 Å². The number of ketones is 1. The molecule has 11 heavy (non-hydrogen) atoms. The molecule has 0 heterocycles. The molecule has 1 N–H and O–H groups in total. The first kappa shape index (κ1) is 7.29. The summed E-state index contributed by atoms with van der Waals surface area (Å²) in [6.45, 7) is 0.0856.